The molecule has 0 aliphatic carbocycles. The Labute approximate surface area is 123 Å². The number of carbonyl (C=O) groups is 1. The van der Waals surface area contributed by atoms with Gasteiger partial charge in [-0.25, -0.2) is 0 Å². The van der Waals surface area contributed by atoms with Crippen molar-refractivity contribution in [3.63, 3.8) is 0 Å². The van der Waals surface area contributed by atoms with Crippen molar-refractivity contribution in [1.29, 1.82) is 0 Å². The van der Waals surface area contributed by atoms with E-state index in [1.54, 1.807) is 12.4 Å². The maximum atomic E-state index is 12.0. The first-order valence-electron chi connectivity index (χ1n) is 7.64. The van der Waals surface area contributed by atoms with Gasteiger partial charge in [0.15, 0.2) is 0 Å². The van der Waals surface area contributed by atoms with E-state index < -0.39 is 0 Å². The van der Waals surface area contributed by atoms with Gasteiger partial charge in [-0.2, -0.15) is 0 Å². The van der Waals surface area contributed by atoms with E-state index >= 15 is 0 Å². The molecule has 20 heavy (non-hydrogen) atoms. The third-order valence-electron chi connectivity index (χ3n) is 3.72. The van der Waals surface area contributed by atoms with E-state index in [0.717, 1.165) is 12.0 Å². The van der Waals surface area contributed by atoms with Crippen molar-refractivity contribution in [3.8, 4) is 0 Å². The lowest BCUT2D eigenvalue weighted by molar-refractivity contribution is -0.122. The topological polar surface area (TPSA) is 42.0 Å². The Morgan fingerprint density at radius 3 is 2.55 bits per heavy atom. The van der Waals surface area contributed by atoms with Gasteiger partial charge in [-0.1, -0.05) is 40.2 Å². The Balaban J connectivity index is 2.38. The summed E-state index contributed by atoms with van der Waals surface area (Å²) in [5.74, 6) is 1.88. The molecular weight excluding hydrogens is 248 g/mol. The van der Waals surface area contributed by atoms with Crippen LogP contribution in [0.2, 0.25) is 0 Å². The SMILES string of the molecule is CC(C)CC[C@H](CC(=O)NCc1cccnc1)C(C)C. The van der Waals surface area contributed by atoms with Gasteiger partial charge in [-0.15, -0.1) is 0 Å². The van der Waals surface area contributed by atoms with Gasteiger partial charge in [-0.3, -0.25) is 9.78 Å². The second-order valence-corrected chi connectivity index (χ2v) is 6.32. The number of nitrogens with zero attached hydrogens (tertiary/aromatic N) is 1. The number of amides is 1. The number of pyridine rings is 1. The van der Waals surface area contributed by atoms with Crippen LogP contribution >= 0.6 is 0 Å². The largest absolute Gasteiger partial charge is 0.352 e. The van der Waals surface area contributed by atoms with Crippen molar-refractivity contribution >= 4 is 5.91 Å². The van der Waals surface area contributed by atoms with Gasteiger partial charge in [0.2, 0.25) is 5.91 Å². The van der Waals surface area contributed by atoms with E-state index in [9.17, 15) is 4.79 Å². The molecule has 0 aliphatic rings. The molecule has 0 fully saturated rings. The lowest BCUT2D eigenvalue weighted by atomic mass is 9.86. The molecule has 0 radical (unpaired) electrons. The Morgan fingerprint density at radius 1 is 1.25 bits per heavy atom. The fourth-order valence-corrected chi connectivity index (χ4v) is 2.23. The summed E-state index contributed by atoms with van der Waals surface area (Å²) in [6.45, 7) is 9.46. The zero-order valence-corrected chi connectivity index (χ0v) is 13.2. The Bertz CT molecular complexity index is 387. The zero-order chi connectivity index (χ0) is 15.0. The molecule has 0 spiro atoms. The van der Waals surface area contributed by atoms with E-state index in [4.69, 9.17) is 0 Å². The molecule has 3 nitrogen and oxygen atoms in total. The Hall–Kier alpha value is -1.38. The number of aromatic nitrogens is 1. The molecule has 1 atom stereocenters. The summed E-state index contributed by atoms with van der Waals surface area (Å²) in [5, 5.41) is 2.99. The molecular formula is C17H28N2O. The van der Waals surface area contributed by atoms with E-state index in [2.05, 4.69) is 38.0 Å². The summed E-state index contributed by atoms with van der Waals surface area (Å²) >= 11 is 0. The second kappa shape index (κ2) is 8.72. The van der Waals surface area contributed by atoms with Crippen molar-refractivity contribution in [2.24, 2.45) is 17.8 Å². The minimum Gasteiger partial charge on any atom is -0.352 e. The monoisotopic (exact) mass is 276 g/mol. The molecule has 3 heteroatoms. The van der Waals surface area contributed by atoms with Crippen LogP contribution in [0.5, 0.6) is 0 Å². The lowest BCUT2D eigenvalue weighted by Gasteiger charge is -2.21. The highest BCUT2D eigenvalue weighted by Crippen LogP contribution is 2.23. The fourth-order valence-electron chi connectivity index (χ4n) is 2.23. The molecule has 1 N–H and O–H groups in total. The summed E-state index contributed by atoms with van der Waals surface area (Å²) in [5.41, 5.74) is 1.05. The number of hydrogen-bond acceptors (Lipinski definition) is 2. The summed E-state index contributed by atoms with van der Waals surface area (Å²) < 4.78 is 0. The average Bonchev–Trinajstić information content (AvgIpc) is 2.41. The van der Waals surface area contributed by atoms with Crippen LogP contribution in [0, 0.1) is 17.8 Å². The van der Waals surface area contributed by atoms with Crippen LogP contribution < -0.4 is 5.32 Å². The standard InChI is InChI=1S/C17H28N2O/c1-13(2)7-8-16(14(3)4)10-17(20)19-12-15-6-5-9-18-11-15/h5-6,9,11,13-14,16H,7-8,10,12H2,1-4H3,(H,19,20)/t16-/m1/s1. The van der Waals surface area contributed by atoms with E-state index in [-0.39, 0.29) is 5.91 Å². The number of hydrogen-bond donors (Lipinski definition) is 1. The molecule has 0 aliphatic heterocycles. The van der Waals surface area contributed by atoms with Crippen molar-refractivity contribution < 1.29 is 4.79 Å². The lowest BCUT2D eigenvalue weighted by Crippen LogP contribution is -2.27. The molecule has 112 valence electrons. The second-order valence-electron chi connectivity index (χ2n) is 6.32. The van der Waals surface area contributed by atoms with E-state index in [0.29, 0.717) is 30.7 Å². The Kier molecular flexibility index (Phi) is 7.27. The quantitative estimate of drug-likeness (QED) is 0.784. The zero-order valence-electron chi connectivity index (χ0n) is 13.2. The van der Waals surface area contributed by atoms with Gasteiger partial charge in [0.25, 0.3) is 0 Å². The van der Waals surface area contributed by atoms with Gasteiger partial charge >= 0.3 is 0 Å². The van der Waals surface area contributed by atoms with Crippen LogP contribution in [-0.4, -0.2) is 10.9 Å². The van der Waals surface area contributed by atoms with Crippen LogP contribution in [0.25, 0.3) is 0 Å². The van der Waals surface area contributed by atoms with Gasteiger partial charge in [0, 0.05) is 25.4 Å². The predicted molar refractivity (Wildman–Crippen MR) is 83.1 cm³/mol. The Morgan fingerprint density at radius 2 is 2.00 bits per heavy atom. The highest BCUT2D eigenvalue weighted by Gasteiger charge is 2.17. The van der Waals surface area contributed by atoms with Crippen LogP contribution in [-0.2, 0) is 11.3 Å². The number of rotatable bonds is 8. The third-order valence-corrected chi connectivity index (χ3v) is 3.72. The first kappa shape index (κ1) is 16.7. The van der Waals surface area contributed by atoms with E-state index in [1.165, 1.54) is 6.42 Å². The van der Waals surface area contributed by atoms with Gasteiger partial charge in [0.05, 0.1) is 0 Å². The number of carbonyl (C=O) groups excluding carboxylic acids is 1. The number of nitrogens with one attached hydrogen (secondary N) is 1. The van der Waals surface area contributed by atoms with Crippen LogP contribution in [0.15, 0.2) is 24.5 Å². The maximum Gasteiger partial charge on any atom is 0.220 e. The minimum atomic E-state index is 0.149. The molecule has 0 aromatic carbocycles. The van der Waals surface area contributed by atoms with Gasteiger partial charge in [-0.05, 0) is 35.8 Å². The van der Waals surface area contributed by atoms with Crippen LogP contribution in [0.3, 0.4) is 0 Å². The minimum absolute atomic E-state index is 0.149. The van der Waals surface area contributed by atoms with Crippen LogP contribution in [0.1, 0.15) is 52.5 Å². The third kappa shape index (κ3) is 6.69. The maximum absolute atomic E-state index is 12.0. The summed E-state index contributed by atoms with van der Waals surface area (Å²) in [4.78, 5) is 16.1. The molecule has 0 saturated heterocycles. The molecule has 0 bridgehead atoms. The molecule has 0 saturated carbocycles. The summed E-state index contributed by atoms with van der Waals surface area (Å²) in [6.07, 6.45) is 6.49. The normalized spacial score (nSPS) is 12.7. The smallest absolute Gasteiger partial charge is 0.220 e. The van der Waals surface area contributed by atoms with Gasteiger partial charge in [0.1, 0.15) is 0 Å². The molecule has 0 unspecified atom stereocenters. The predicted octanol–water partition coefficient (Wildman–Crippen LogP) is 3.80. The van der Waals surface area contributed by atoms with E-state index in [1.807, 2.05) is 12.1 Å². The van der Waals surface area contributed by atoms with Crippen molar-refractivity contribution in [2.45, 2.75) is 53.5 Å². The highest BCUT2D eigenvalue weighted by molar-refractivity contribution is 5.76. The summed E-state index contributed by atoms with van der Waals surface area (Å²) in [7, 11) is 0. The van der Waals surface area contributed by atoms with Crippen molar-refractivity contribution in [2.75, 3.05) is 0 Å². The average molecular weight is 276 g/mol. The first-order chi connectivity index (χ1) is 9.49. The van der Waals surface area contributed by atoms with Crippen molar-refractivity contribution in [3.05, 3.63) is 30.1 Å². The molecule has 1 aromatic heterocycles. The molecule has 1 heterocycles. The highest BCUT2D eigenvalue weighted by atomic mass is 16.1. The molecule has 1 amide bonds. The first-order valence-corrected chi connectivity index (χ1v) is 7.64. The fraction of sp³-hybridized carbons (Fsp3) is 0.647. The van der Waals surface area contributed by atoms with Crippen molar-refractivity contribution in [1.82, 2.24) is 10.3 Å². The summed E-state index contributed by atoms with van der Waals surface area (Å²) in [6, 6.07) is 3.87. The van der Waals surface area contributed by atoms with Crippen LogP contribution in [0.4, 0.5) is 0 Å². The van der Waals surface area contributed by atoms with Gasteiger partial charge < -0.3 is 5.32 Å². The molecule has 1 rings (SSSR count). The molecule has 1 aromatic rings.